The van der Waals surface area contributed by atoms with E-state index in [9.17, 15) is 4.79 Å². The van der Waals surface area contributed by atoms with E-state index < -0.39 is 47.1 Å². The highest BCUT2D eigenvalue weighted by atomic mass is 28.4. The molecule has 0 aromatic carbocycles. The molecule has 6 nitrogen and oxygen atoms in total. The second-order valence-corrected chi connectivity index (χ2v) is 23.8. The second kappa shape index (κ2) is 13.0. The van der Waals surface area contributed by atoms with E-state index in [0.717, 1.165) is 0 Å². The van der Waals surface area contributed by atoms with Crippen LogP contribution in [0, 0.1) is 0 Å². The van der Waals surface area contributed by atoms with Gasteiger partial charge in [-0.15, -0.1) is 0 Å². The van der Waals surface area contributed by atoms with E-state index in [1.165, 1.54) is 0 Å². The van der Waals surface area contributed by atoms with Gasteiger partial charge in [0.2, 0.25) is 14.5 Å². The first-order valence-corrected chi connectivity index (χ1v) is 18.7. The van der Waals surface area contributed by atoms with Crippen molar-refractivity contribution in [2.24, 2.45) is 5.73 Å². The molecular formula is C29H54FN2O4Si2+. The number of carbonyl (C=O) groups excluding carboxylic acids is 1. The summed E-state index contributed by atoms with van der Waals surface area (Å²) in [6.07, 6.45) is -0.398. The van der Waals surface area contributed by atoms with Crippen LogP contribution in [0.25, 0.3) is 0 Å². The maximum atomic E-state index is 16.5. The molecule has 9 heteroatoms. The Morgan fingerprint density at radius 3 is 1.82 bits per heavy atom. The number of nitrogens with zero attached hydrogens (tertiary/aromatic N) is 1. The van der Waals surface area contributed by atoms with Crippen LogP contribution in [-0.4, -0.2) is 47.5 Å². The first-order valence-electron chi connectivity index (χ1n) is 14.5. The first kappa shape index (κ1) is 33.1. The average Bonchev–Trinajstić information content (AvgIpc) is 3.11. The fraction of sp³-hybridized carbons (Fsp3) is 0.793. The van der Waals surface area contributed by atoms with Crippen molar-refractivity contribution < 1.29 is 27.3 Å². The van der Waals surface area contributed by atoms with Gasteiger partial charge in [0.25, 0.3) is 12.1 Å². The van der Waals surface area contributed by atoms with Gasteiger partial charge >= 0.3 is 0 Å². The third-order valence-electron chi connectivity index (χ3n) is 8.92. The molecule has 1 aliphatic rings. The first-order chi connectivity index (χ1) is 17.5. The Morgan fingerprint density at radius 2 is 1.39 bits per heavy atom. The second-order valence-electron chi connectivity index (χ2n) is 12.9. The lowest BCUT2D eigenvalue weighted by molar-refractivity contribution is -0.764. The van der Waals surface area contributed by atoms with Gasteiger partial charge in [-0.25, -0.2) is 4.39 Å². The van der Waals surface area contributed by atoms with Gasteiger partial charge in [0, 0.05) is 6.07 Å². The number of halogens is 1. The summed E-state index contributed by atoms with van der Waals surface area (Å²) in [5.41, 5.74) is 7.93. The van der Waals surface area contributed by atoms with Crippen molar-refractivity contribution in [1.29, 1.82) is 0 Å². The van der Waals surface area contributed by atoms with E-state index in [1.807, 2.05) is 0 Å². The number of rotatable bonds is 13. The predicted molar refractivity (Wildman–Crippen MR) is 157 cm³/mol. The van der Waals surface area contributed by atoms with Gasteiger partial charge in [0.15, 0.2) is 20.7 Å². The maximum Gasteiger partial charge on any atom is 0.297 e. The molecule has 2 rings (SSSR count). The molecule has 38 heavy (non-hydrogen) atoms. The van der Waals surface area contributed by atoms with Crippen LogP contribution in [-0.2, 0) is 13.6 Å². The molecule has 0 bridgehead atoms. The number of pyridine rings is 1. The van der Waals surface area contributed by atoms with Crippen molar-refractivity contribution in [1.82, 2.24) is 0 Å². The lowest BCUT2D eigenvalue weighted by Gasteiger charge is -2.45. The number of hydrogen-bond acceptors (Lipinski definition) is 4. The Morgan fingerprint density at radius 1 is 0.921 bits per heavy atom. The largest absolute Gasteiger partial charge is 0.413 e. The number of amides is 1. The summed E-state index contributed by atoms with van der Waals surface area (Å²) in [5.74, 6) is -0.562. The normalized spacial score (nSPS) is 23.1. The summed E-state index contributed by atoms with van der Waals surface area (Å²) in [7, 11) is -4.63. The molecule has 1 aromatic rings. The molecule has 1 aliphatic heterocycles. The molecule has 218 valence electrons. The molecule has 0 saturated carbocycles. The van der Waals surface area contributed by atoms with Crippen LogP contribution >= 0.6 is 0 Å². The molecule has 1 saturated heterocycles. The van der Waals surface area contributed by atoms with Crippen LogP contribution < -0.4 is 10.3 Å². The molecule has 1 amide bonds. The summed E-state index contributed by atoms with van der Waals surface area (Å²) < 4.78 is 38.6. The number of carbonyl (C=O) groups is 1. The molecule has 1 fully saturated rings. The molecular weight excluding hydrogens is 515 g/mol. The Bertz CT molecular complexity index is 882. The van der Waals surface area contributed by atoms with Crippen LogP contribution in [0.3, 0.4) is 0 Å². The lowest BCUT2D eigenvalue weighted by atomic mass is 10.1. The van der Waals surface area contributed by atoms with Crippen LogP contribution in [0.1, 0.15) is 99.7 Å². The number of alkyl halides is 1. The van der Waals surface area contributed by atoms with E-state index >= 15 is 4.39 Å². The molecule has 4 atom stereocenters. The molecule has 0 unspecified atom stereocenters. The molecule has 1 aromatic heterocycles. The molecule has 0 radical (unpaired) electrons. The lowest BCUT2D eigenvalue weighted by Crippen LogP contribution is -2.55. The average molecular weight is 570 g/mol. The Kier molecular flexibility index (Phi) is 11.3. The van der Waals surface area contributed by atoms with Crippen molar-refractivity contribution in [3.8, 4) is 0 Å². The van der Waals surface area contributed by atoms with Crippen molar-refractivity contribution in [3.63, 3.8) is 0 Å². The predicted octanol–water partition coefficient (Wildman–Crippen LogP) is 7.06. The van der Waals surface area contributed by atoms with Gasteiger partial charge in [-0.2, -0.15) is 4.57 Å². The minimum absolute atomic E-state index is 0.289. The number of aromatic nitrogens is 1. The molecule has 2 N–H and O–H groups in total. The quantitative estimate of drug-likeness (QED) is 0.204. The summed E-state index contributed by atoms with van der Waals surface area (Å²) in [6.45, 7) is 27.0. The van der Waals surface area contributed by atoms with Crippen LogP contribution in [0.2, 0.25) is 33.2 Å². The standard InChI is InChI=1S/C29H53FN2O4Si2/c1-18(2)37(19(3)4,20(5)6)34-17-25-27(36-38(21(7)8,22(9)10)23(11)12)26(30)29(35-25)32-15-13-14-24(16-32)28(31)33/h13-16,18-23,25-27,29H,17H2,1-12H3,(H-,31,33)/p+1/t25-,26+,27-,29-/m1/s1. The van der Waals surface area contributed by atoms with E-state index in [2.05, 4.69) is 83.1 Å². The minimum atomic E-state index is -2.42. The zero-order chi connectivity index (χ0) is 29.2. The maximum absolute atomic E-state index is 16.5. The smallest absolute Gasteiger partial charge is 0.297 e. The van der Waals surface area contributed by atoms with Gasteiger partial charge < -0.3 is 19.3 Å². The number of hydrogen-bond donors (Lipinski definition) is 1. The molecule has 0 aliphatic carbocycles. The summed E-state index contributed by atoms with van der Waals surface area (Å²) in [6, 6.07) is 3.32. The van der Waals surface area contributed by atoms with Gasteiger partial charge in [0.1, 0.15) is 17.8 Å². The van der Waals surface area contributed by atoms with Gasteiger partial charge in [-0.05, 0) is 39.3 Å². The van der Waals surface area contributed by atoms with Gasteiger partial charge in [0.05, 0.1) is 6.61 Å². The zero-order valence-electron chi connectivity index (χ0n) is 25.8. The van der Waals surface area contributed by atoms with Gasteiger partial charge in [-0.3, -0.25) is 4.79 Å². The highest BCUT2D eigenvalue weighted by molar-refractivity contribution is 6.78. The Balaban J connectivity index is 2.55. The van der Waals surface area contributed by atoms with Crippen molar-refractivity contribution in [2.45, 2.75) is 141 Å². The van der Waals surface area contributed by atoms with E-state index in [0.29, 0.717) is 38.8 Å². The topological polar surface area (TPSA) is 74.7 Å². The van der Waals surface area contributed by atoms with Crippen molar-refractivity contribution >= 4 is 22.5 Å². The number of ether oxygens (including phenoxy) is 1. The monoisotopic (exact) mass is 569 g/mol. The van der Waals surface area contributed by atoms with Crippen LogP contribution in [0.4, 0.5) is 4.39 Å². The van der Waals surface area contributed by atoms with Gasteiger partial charge in [-0.1, -0.05) is 83.1 Å². The highest BCUT2D eigenvalue weighted by Gasteiger charge is 2.57. The van der Waals surface area contributed by atoms with Crippen LogP contribution in [0.5, 0.6) is 0 Å². The van der Waals surface area contributed by atoms with E-state index in [4.69, 9.17) is 19.3 Å². The molecule has 0 spiro atoms. The summed E-state index contributed by atoms with van der Waals surface area (Å²) in [5, 5.41) is 0. The van der Waals surface area contributed by atoms with Crippen molar-refractivity contribution in [2.75, 3.05) is 6.61 Å². The fourth-order valence-corrected chi connectivity index (χ4v) is 18.4. The molecule has 2 heterocycles. The van der Waals surface area contributed by atoms with Crippen LogP contribution in [0.15, 0.2) is 24.5 Å². The van der Waals surface area contributed by atoms with E-state index in [-0.39, 0.29) is 6.61 Å². The third-order valence-corrected chi connectivity index (χ3v) is 21.1. The Hall–Kier alpha value is -1.14. The Labute approximate surface area is 233 Å². The summed E-state index contributed by atoms with van der Waals surface area (Å²) >= 11 is 0. The van der Waals surface area contributed by atoms with Crippen molar-refractivity contribution in [3.05, 3.63) is 30.1 Å². The third kappa shape index (κ3) is 6.27. The summed E-state index contributed by atoms with van der Waals surface area (Å²) in [4.78, 5) is 11.8. The number of primary amides is 1. The fourth-order valence-electron chi connectivity index (χ4n) is 7.38. The SMILES string of the molecule is CC(C)[Si](OC[C@H]1O[C@@H]([n+]2cccc(C(N)=O)c2)[C@@H](F)[C@@H]1O[Si](C(C)C)(C(C)C)C(C)C)(C(C)C)C(C)C. The highest BCUT2D eigenvalue weighted by Crippen LogP contribution is 2.47. The van der Waals surface area contributed by atoms with E-state index in [1.54, 1.807) is 29.1 Å². The minimum Gasteiger partial charge on any atom is -0.413 e. The number of nitrogens with two attached hydrogens (primary N) is 1. The zero-order valence-corrected chi connectivity index (χ0v) is 27.8.